The average molecular weight is 290 g/mol. The highest BCUT2D eigenvalue weighted by Gasteiger charge is 2.18. The maximum absolute atomic E-state index is 11.3. The molecule has 0 heterocycles. The molecular weight excluding hydrogens is 272 g/mol. The zero-order valence-electron chi connectivity index (χ0n) is 11.2. The molecule has 0 aliphatic rings. The Labute approximate surface area is 123 Å². The molecule has 0 bridgehead atoms. The van der Waals surface area contributed by atoms with E-state index in [1.165, 1.54) is 11.9 Å². The van der Waals surface area contributed by atoms with Gasteiger partial charge in [-0.3, -0.25) is 4.79 Å². The van der Waals surface area contributed by atoms with E-state index in [2.05, 4.69) is 11.3 Å². The first-order valence-corrected chi connectivity index (χ1v) is 6.85. The van der Waals surface area contributed by atoms with E-state index in [-0.39, 0.29) is 0 Å². The zero-order valence-corrected chi connectivity index (χ0v) is 12.1. The van der Waals surface area contributed by atoms with Crippen LogP contribution in [-0.4, -0.2) is 11.1 Å². The Hall–Kier alpha value is -1.98. The molecule has 0 fully saturated rings. The SMILES string of the molecule is C=C(/C=C\C(N)=C/C)SNC(C(=O)O)c1ccccc1. The minimum atomic E-state index is -0.937. The maximum atomic E-state index is 11.3. The summed E-state index contributed by atoms with van der Waals surface area (Å²) in [6.07, 6.45) is 5.22. The van der Waals surface area contributed by atoms with E-state index in [0.717, 1.165) is 0 Å². The van der Waals surface area contributed by atoms with Gasteiger partial charge in [-0.1, -0.05) is 43.0 Å². The van der Waals surface area contributed by atoms with Gasteiger partial charge in [0.1, 0.15) is 6.04 Å². The minimum absolute atomic E-state index is 0.629. The average Bonchev–Trinajstić information content (AvgIpc) is 2.45. The predicted molar refractivity (Wildman–Crippen MR) is 83.8 cm³/mol. The molecule has 0 aromatic heterocycles. The number of carboxylic acid groups (broad SMARTS) is 1. The lowest BCUT2D eigenvalue weighted by Crippen LogP contribution is -2.23. The van der Waals surface area contributed by atoms with E-state index in [9.17, 15) is 9.90 Å². The molecule has 0 saturated heterocycles. The van der Waals surface area contributed by atoms with Crippen LogP contribution in [0.4, 0.5) is 0 Å². The van der Waals surface area contributed by atoms with Gasteiger partial charge in [-0.05, 0) is 36.6 Å². The number of benzene rings is 1. The number of rotatable bonds is 7. The van der Waals surface area contributed by atoms with Crippen molar-refractivity contribution in [2.24, 2.45) is 5.73 Å². The molecule has 0 aliphatic carbocycles. The van der Waals surface area contributed by atoms with Gasteiger partial charge in [-0.2, -0.15) is 0 Å². The van der Waals surface area contributed by atoms with Crippen LogP contribution in [0.2, 0.25) is 0 Å². The van der Waals surface area contributed by atoms with Gasteiger partial charge >= 0.3 is 5.97 Å². The van der Waals surface area contributed by atoms with Crippen LogP contribution >= 0.6 is 11.9 Å². The molecule has 1 aromatic rings. The molecule has 0 aliphatic heterocycles. The zero-order chi connectivity index (χ0) is 15.0. The van der Waals surface area contributed by atoms with Crippen molar-refractivity contribution < 1.29 is 9.90 Å². The predicted octanol–water partition coefficient (Wildman–Crippen LogP) is 2.98. The molecule has 0 radical (unpaired) electrons. The highest BCUT2D eigenvalue weighted by atomic mass is 32.2. The third kappa shape index (κ3) is 5.34. The topological polar surface area (TPSA) is 75.3 Å². The highest BCUT2D eigenvalue weighted by molar-refractivity contribution is 8.01. The molecule has 106 valence electrons. The molecule has 1 rings (SSSR count). The standard InChI is InChI=1S/C15H18N2O2S/c1-3-13(16)10-9-11(2)20-17-14(15(18)19)12-7-5-4-6-8-12/h3-10,14,17H,2,16H2,1H3,(H,18,19)/b10-9-,13-3+. The number of carbonyl (C=O) groups is 1. The van der Waals surface area contributed by atoms with Gasteiger partial charge in [0, 0.05) is 10.6 Å². The van der Waals surface area contributed by atoms with Gasteiger partial charge in [-0.25, -0.2) is 4.72 Å². The lowest BCUT2D eigenvalue weighted by molar-refractivity contribution is -0.139. The first-order chi connectivity index (χ1) is 9.54. The van der Waals surface area contributed by atoms with Crippen molar-refractivity contribution in [2.45, 2.75) is 13.0 Å². The summed E-state index contributed by atoms with van der Waals surface area (Å²) in [6.45, 7) is 5.66. The van der Waals surface area contributed by atoms with Gasteiger partial charge in [0.25, 0.3) is 0 Å². The van der Waals surface area contributed by atoms with Crippen molar-refractivity contribution in [3.63, 3.8) is 0 Å². The molecule has 0 spiro atoms. The Kier molecular flexibility index (Phi) is 6.63. The van der Waals surface area contributed by atoms with Crippen molar-refractivity contribution in [1.82, 2.24) is 4.72 Å². The summed E-state index contributed by atoms with van der Waals surface area (Å²) < 4.78 is 2.88. The summed E-state index contributed by atoms with van der Waals surface area (Å²) >= 11 is 1.17. The molecule has 0 amide bonds. The largest absolute Gasteiger partial charge is 0.480 e. The van der Waals surface area contributed by atoms with Crippen LogP contribution in [0.1, 0.15) is 18.5 Å². The smallest absolute Gasteiger partial charge is 0.326 e. The normalized spacial score (nSPS) is 13.3. The molecule has 20 heavy (non-hydrogen) atoms. The van der Waals surface area contributed by atoms with E-state index in [4.69, 9.17) is 5.73 Å². The van der Waals surface area contributed by atoms with Gasteiger partial charge in [0.2, 0.25) is 0 Å². The fraction of sp³-hybridized carbons (Fsp3) is 0.133. The van der Waals surface area contributed by atoms with Gasteiger partial charge in [0.15, 0.2) is 0 Å². The molecule has 4 N–H and O–H groups in total. The molecule has 1 atom stereocenters. The Morgan fingerprint density at radius 2 is 2.05 bits per heavy atom. The number of aliphatic carboxylic acids is 1. The van der Waals surface area contributed by atoms with Crippen LogP contribution in [0.15, 0.2) is 65.7 Å². The first-order valence-electron chi connectivity index (χ1n) is 6.03. The summed E-state index contributed by atoms with van der Waals surface area (Å²) in [7, 11) is 0. The molecule has 1 unspecified atom stereocenters. The monoisotopic (exact) mass is 290 g/mol. The van der Waals surface area contributed by atoms with Crippen molar-refractivity contribution in [2.75, 3.05) is 0 Å². The van der Waals surface area contributed by atoms with Crippen molar-refractivity contribution >= 4 is 17.9 Å². The third-order valence-corrected chi connectivity index (χ3v) is 3.23. The fourth-order valence-electron chi connectivity index (χ4n) is 1.36. The number of nitrogens with one attached hydrogen (secondary N) is 1. The Morgan fingerprint density at radius 1 is 1.40 bits per heavy atom. The van der Waals surface area contributed by atoms with E-state index >= 15 is 0 Å². The Balaban J connectivity index is 2.63. The van der Waals surface area contributed by atoms with Crippen molar-refractivity contribution in [3.8, 4) is 0 Å². The number of hydrogen-bond donors (Lipinski definition) is 3. The summed E-state index contributed by atoms with van der Waals surface area (Å²) in [5.74, 6) is -0.937. The second-order valence-corrected chi connectivity index (χ2v) is 4.95. The third-order valence-electron chi connectivity index (χ3n) is 2.48. The quantitative estimate of drug-likeness (QED) is 0.531. The lowest BCUT2D eigenvalue weighted by Gasteiger charge is -2.13. The summed E-state index contributed by atoms with van der Waals surface area (Å²) in [6, 6.07) is 8.20. The summed E-state index contributed by atoms with van der Waals surface area (Å²) in [5, 5.41) is 9.24. The van der Waals surface area contributed by atoms with Crippen LogP contribution in [0.3, 0.4) is 0 Å². The molecule has 5 heteroatoms. The van der Waals surface area contributed by atoms with E-state index in [1.807, 2.05) is 13.0 Å². The number of allylic oxidation sites excluding steroid dienone is 3. The van der Waals surface area contributed by atoms with Gasteiger partial charge in [0.05, 0.1) is 0 Å². The van der Waals surface area contributed by atoms with Gasteiger partial charge in [-0.15, -0.1) is 0 Å². The maximum Gasteiger partial charge on any atom is 0.326 e. The minimum Gasteiger partial charge on any atom is -0.480 e. The van der Waals surface area contributed by atoms with Crippen molar-refractivity contribution in [1.29, 1.82) is 0 Å². The van der Waals surface area contributed by atoms with E-state index in [1.54, 1.807) is 42.5 Å². The first kappa shape index (κ1) is 16.1. The second-order valence-electron chi connectivity index (χ2n) is 3.99. The van der Waals surface area contributed by atoms with Crippen LogP contribution in [-0.2, 0) is 4.79 Å². The Morgan fingerprint density at radius 3 is 2.60 bits per heavy atom. The lowest BCUT2D eigenvalue weighted by atomic mass is 10.1. The molecule has 4 nitrogen and oxygen atoms in total. The van der Waals surface area contributed by atoms with Crippen molar-refractivity contribution in [3.05, 3.63) is 71.3 Å². The highest BCUT2D eigenvalue weighted by Crippen LogP contribution is 2.20. The van der Waals surface area contributed by atoms with Crippen LogP contribution in [0.25, 0.3) is 0 Å². The number of nitrogens with two attached hydrogens (primary N) is 1. The fourth-order valence-corrected chi connectivity index (χ4v) is 2.00. The summed E-state index contributed by atoms with van der Waals surface area (Å²) in [5.41, 5.74) is 6.95. The number of carboxylic acids is 1. The Bertz CT molecular complexity index is 524. The molecule has 0 saturated carbocycles. The van der Waals surface area contributed by atoms with E-state index < -0.39 is 12.0 Å². The summed E-state index contributed by atoms with van der Waals surface area (Å²) in [4.78, 5) is 12.0. The number of hydrogen-bond acceptors (Lipinski definition) is 4. The molecular formula is C15H18N2O2S. The second kappa shape index (κ2) is 8.24. The molecule has 1 aromatic carbocycles. The van der Waals surface area contributed by atoms with E-state index in [0.29, 0.717) is 16.2 Å². The van der Waals surface area contributed by atoms with Gasteiger partial charge < -0.3 is 10.8 Å². The van der Waals surface area contributed by atoms with Crippen LogP contribution in [0.5, 0.6) is 0 Å². The van der Waals surface area contributed by atoms with Crippen LogP contribution in [0, 0.1) is 0 Å². The van der Waals surface area contributed by atoms with Crippen LogP contribution < -0.4 is 10.5 Å².